The second kappa shape index (κ2) is 8.15. The summed E-state index contributed by atoms with van der Waals surface area (Å²) in [4.78, 5) is 2.66. The summed E-state index contributed by atoms with van der Waals surface area (Å²) < 4.78 is 5.77. The highest BCUT2D eigenvalue weighted by atomic mass is 16.5. The molecule has 1 aliphatic rings. The first-order chi connectivity index (χ1) is 9.79. The molecule has 0 saturated carbocycles. The van der Waals surface area contributed by atoms with E-state index in [0.717, 1.165) is 37.1 Å². The highest BCUT2D eigenvalue weighted by molar-refractivity contribution is 5.43. The zero-order chi connectivity index (χ0) is 14.2. The summed E-state index contributed by atoms with van der Waals surface area (Å²) in [7, 11) is 0. The number of nitrogens with two attached hydrogens (primary N) is 1. The molecule has 3 heteroatoms. The number of hydrogen-bond donors (Lipinski definition) is 1. The summed E-state index contributed by atoms with van der Waals surface area (Å²) in [6.07, 6.45) is 7.87. The molecule has 20 heavy (non-hydrogen) atoms. The minimum absolute atomic E-state index is 0.765. The lowest BCUT2D eigenvalue weighted by molar-refractivity contribution is 0.130. The zero-order valence-corrected chi connectivity index (χ0v) is 12.7. The maximum Gasteiger partial charge on any atom is 0.121 e. The van der Waals surface area contributed by atoms with E-state index in [1.54, 1.807) is 0 Å². The van der Waals surface area contributed by atoms with E-state index in [4.69, 9.17) is 10.5 Å². The van der Waals surface area contributed by atoms with Gasteiger partial charge in [0.1, 0.15) is 5.75 Å². The molecule has 112 valence electrons. The van der Waals surface area contributed by atoms with Crippen molar-refractivity contribution in [2.45, 2.75) is 51.5 Å². The van der Waals surface area contributed by atoms with Gasteiger partial charge in [-0.05, 0) is 44.4 Å². The van der Waals surface area contributed by atoms with Crippen LogP contribution in [0.1, 0.15) is 45.4 Å². The Hall–Kier alpha value is -1.22. The third kappa shape index (κ3) is 4.71. The fourth-order valence-electron chi connectivity index (χ4n) is 3.08. The molecule has 1 aliphatic heterocycles. The molecule has 0 aliphatic carbocycles. The number of nitrogens with zero attached hydrogens (tertiary/aromatic N) is 1. The van der Waals surface area contributed by atoms with Crippen molar-refractivity contribution in [1.29, 1.82) is 0 Å². The largest absolute Gasteiger partial charge is 0.493 e. The number of anilines is 1. The lowest BCUT2D eigenvalue weighted by Gasteiger charge is -2.35. The standard InChI is InChI=1S/C17H28N2O/c1-2-7-16-9-3-4-11-19(16)12-6-13-20-17-10-5-8-15(18)14-17/h5,8,10,14,16H,2-4,6-7,9,11-13,18H2,1H3. The van der Waals surface area contributed by atoms with Crippen LogP contribution in [0, 0.1) is 0 Å². The molecule has 1 unspecified atom stereocenters. The van der Waals surface area contributed by atoms with E-state index in [1.807, 2.05) is 24.3 Å². The van der Waals surface area contributed by atoms with Crippen molar-refractivity contribution in [2.75, 3.05) is 25.4 Å². The number of rotatable bonds is 7. The molecule has 1 saturated heterocycles. The summed E-state index contributed by atoms with van der Waals surface area (Å²) in [5.74, 6) is 0.883. The van der Waals surface area contributed by atoms with Gasteiger partial charge in [0.15, 0.2) is 0 Å². The van der Waals surface area contributed by atoms with Crippen LogP contribution in [0.4, 0.5) is 5.69 Å². The molecule has 0 amide bonds. The molecule has 0 radical (unpaired) electrons. The van der Waals surface area contributed by atoms with Crippen LogP contribution in [0.2, 0.25) is 0 Å². The third-order valence-electron chi connectivity index (χ3n) is 4.09. The van der Waals surface area contributed by atoms with Gasteiger partial charge in [0.25, 0.3) is 0 Å². The van der Waals surface area contributed by atoms with E-state index in [0.29, 0.717) is 0 Å². The number of hydrogen-bond acceptors (Lipinski definition) is 3. The van der Waals surface area contributed by atoms with E-state index in [1.165, 1.54) is 38.6 Å². The lowest BCUT2D eigenvalue weighted by Crippen LogP contribution is -2.40. The SMILES string of the molecule is CCCC1CCCCN1CCCOc1cccc(N)c1. The average Bonchev–Trinajstić information content (AvgIpc) is 2.46. The highest BCUT2D eigenvalue weighted by Gasteiger charge is 2.20. The van der Waals surface area contributed by atoms with Crippen molar-refractivity contribution in [3.8, 4) is 5.75 Å². The molecule has 1 atom stereocenters. The predicted molar refractivity (Wildman–Crippen MR) is 85.1 cm³/mol. The number of benzene rings is 1. The first kappa shape index (κ1) is 15.2. The van der Waals surface area contributed by atoms with Crippen LogP contribution in [0.25, 0.3) is 0 Å². The summed E-state index contributed by atoms with van der Waals surface area (Å²) in [5.41, 5.74) is 6.51. The van der Waals surface area contributed by atoms with Gasteiger partial charge in [0, 0.05) is 24.3 Å². The Labute approximate surface area is 123 Å². The average molecular weight is 276 g/mol. The van der Waals surface area contributed by atoms with E-state index >= 15 is 0 Å². The van der Waals surface area contributed by atoms with Crippen LogP contribution in [-0.2, 0) is 0 Å². The molecule has 1 aromatic rings. The molecule has 0 bridgehead atoms. The number of likely N-dealkylation sites (tertiary alicyclic amines) is 1. The smallest absolute Gasteiger partial charge is 0.121 e. The quantitative estimate of drug-likeness (QED) is 0.609. The van der Waals surface area contributed by atoms with Gasteiger partial charge in [-0.3, -0.25) is 0 Å². The lowest BCUT2D eigenvalue weighted by atomic mass is 9.98. The van der Waals surface area contributed by atoms with Gasteiger partial charge < -0.3 is 15.4 Å². The summed E-state index contributed by atoms with van der Waals surface area (Å²) in [6, 6.07) is 8.49. The molecule has 1 aromatic carbocycles. The molecule has 2 N–H and O–H groups in total. The number of ether oxygens (including phenoxy) is 1. The first-order valence-corrected chi connectivity index (χ1v) is 8.02. The van der Waals surface area contributed by atoms with E-state index in [9.17, 15) is 0 Å². The second-order valence-electron chi connectivity index (χ2n) is 5.75. The third-order valence-corrected chi connectivity index (χ3v) is 4.09. The minimum Gasteiger partial charge on any atom is -0.493 e. The highest BCUT2D eigenvalue weighted by Crippen LogP contribution is 2.21. The van der Waals surface area contributed by atoms with Gasteiger partial charge in [-0.1, -0.05) is 25.8 Å². The summed E-state index contributed by atoms with van der Waals surface area (Å²) >= 11 is 0. The van der Waals surface area contributed by atoms with Crippen LogP contribution >= 0.6 is 0 Å². The molecule has 0 spiro atoms. The Balaban J connectivity index is 1.69. The molecule has 3 nitrogen and oxygen atoms in total. The predicted octanol–water partition coefficient (Wildman–Crippen LogP) is 3.69. The van der Waals surface area contributed by atoms with Crippen molar-refractivity contribution < 1.29 is 4.74 Å². The first-order valence-electron chi connectivity index (χ1n) is 8.02. The minimum atomic E-state index is 0.765. The Kier molecular flexibility index (Phi) is 6.19. The van der Waals surface area contributed by atoms with Crippen LogP contribution in [-0.4, -0.2) is 30.6 Å². The summed E-state index contributed by atoms with van der Waals surface area (Å²) in [6.45, 7) is 5.49. The van der Waals surface area contributed by atoms with Crippen molar-refractivity contribution in [3.63, 3.8) is 0 Å². The number of nitrogen functional groups attached to an aromatic ring is 1. The normalized spacial score (nSPS) is 19.9. The fraction of sp³-hybridized carbons (Fsp3) is 0.647. The molecular weight excluding hydrogens is 248 g/mol. The van der Waals surface area contributed by atoms with Gasteiger partial charge in [-0.15, -0.1) is 0 Å². The zero-order valence-electron chi connectivity index (χ0n) is 12.7. The van der Waals surface area contributed by atoms with E-state index < -0.39 is 0 Å². The second-order valence-corrected chi connectivity index (χ2v) is 5.75. The molecule has 0 aromatic heterocycles. The van der Waals surface area contributed by atoms with Gasteiger partial charge in [0.2, 0.25) is 0 Å². The molecule has 2 rings (SSSR count). The van der Waals surface area contributed by atoms with Gasteiger partial charge in [-0.25, -0.2) is 0 Å². The Bertz CT molecular complexity index is 392. The van der Waals surface area contributed by atoms with Gasteiger partial charge in [0.05, 0.1) is 6.61 Å². The van der Waals surface area contributed by atoms with Gasteiger partial charge in [-0.2, -0.15) is 0 Å². The number of piperidine rings is 1. The van der Waals surface area contributed by atoms with Crippen molar-refractivity contribution in [3.05, 3.63) is 24.3 Å². The Morgan fingerprint density at radius 2 is 2.25 bits per heavy atom. The van der Waals surface area contributed by atoms with Crippen molar-refractivity contribution >= 4 is 5.69 Å². The molecule has 1 heterocycles. The van der Waals surface area contributed by atoms with Crippen molar-refractivity contribution in [2.24, 2.45) is 0 Å². The monoisotopic (exact) mass is 276 g/mol. The maximum atomic E-state index is 5.77. The van der Waals surface area contributed by atoms with E-state index in [2.05, 4.69) is 11.8 Å². The summed E-state index contributed by atoms with van der Waals surface area (Å²) in [5, 5.41) is 0. The van der Waals surface area contributed by atoms with Crippen LogP contribution in [0.15, 0.2) is 24.3 Å². The van der Waals surface area contributed by atoms with Gasteiger partial charge >= 0.3 is 0 Å². The fourth-order valence-corrected chi connectivity index (χ4v) is 3.08. The maximum absolute atomic E-state index is 5.77. The van der Waals surface area contributed by atoms with Crippen LogP contribution in [0.5, 0.6) is 5.75 Å². The molecular formula is C17H28N2O. The molecule has 1 fully saturated rings. The topological polar surface area (TPSA) is 38.5 Å². The Morgan fingerprint density at radius 3 is 3.05 bits per heavy atom. The Morgan fingerprint density at radius 1 is 1.35 bits per heavy atom. The van der Waals surface area contributed by atoms with Crippen LogP contribution in [0.3, 0.4) is 0 Å². The van der Waals surface area contributed by atoms with Crippen molar-refractivity contribution in [1.82, 2.24) is 4.90 Å². The van der Waals surface area contributed by atoms with Crippen LogP contribution < -0.4 is 10.5 Å². The van der Waals surface area contributed by atoms with E-state index in [-0.39, 0.29) is 0 Å².